The van der Waals surface area contributed by atoms with Crippen LogP contribution >= 0.6 is 11.8 Å². The third kappa shape index (κ3) is 6.13. The Morgan fingerprint density at radius 1 is 1.44 bits per heavy atom. The van der Waals surface area contributed by atoms with Gasteiger partial charge in [-0.05, 0) is 13.8 Å². The van der Waals surface area contributed by atoms with Crippen molar-refractivity contribution in [3.8, 4) is 0 Å². The molecule has 138 valence electrons. The van der Waals surface area contributed by atoms with Gasteiger partial charge in [0.15, 0.2) is 5.12 Å². The Kier molecular flexibility index (Phi) is 7.57. The van der Waals surface area contributed by atoms with E-state index < -0.39 is 5.41 Å². The van der Waals surface area contributed by atoms with Gasteiger partial charge in [0.1, 0.15) is 11.6 Å². The number of carbonyl (C=O) groups is 2. The molecule has 0 bridgehead atoms. The fraction of sp³-hybridized carbons (Fsp3) is 0.529. The normalized spacial score (nSPS) is 12.6. The molecule has 0 aliphatic heterocycles. The van der Waals surface area contributed by atoms with E-state index in [4.69, 9.17) is 5.73 Å². The summed E-state index contributed by atoms with van der Waals surface area (Å²) in [6, 6.07) is 0. The van der Waals surface area contributed by atoms with Crippen LogP contribution in [0, 0.1) is 12.3 Å². The minimum absolute atomic E-state index is 0.0284. The molecule has 0 unspecified atom stereocenters. The van der Waals surface area contributed by atoms with Gasteiger partial charge in [-0.15, -0.1) is 0 Å². The number of aliphatic hydroxyl groups excluding tert-OH is 1. The highest BCUT2D eigenvalue weighted by molar-refractivity contribution is 8.17. The number of anilines is 1. The van der Waals surface area contributed by atoms with E-state index in [0.717, 1.165) is 11.8 Å². The number of allylic oxidation sites excluding steroid dienone is 1. The highest BCUT2D eigenvalue weighted by Gasteiger charge is 2.25. The Morgan fingerprint density at radius 2 is 2.08 bits per heavy atom. The van der Waals surface area contributed by atoms with E-state index in [1.165, 1.54) is 4.90 Å². The summed E-state index contributed by atoms with van der Waals surface area (Å²) in [6.07, 6.45) is 2.55. The Hall–Kier alpha value is -1.93. The second-order valence-corrected chi connectivity index (χ2v) is 7.75. The molecule has 0 saturated carbocycles. The van der Waals surface area contributed by atoms with E-state index in [1.54, 1.807) is 20.0 Å². The van der Waals surface area contributed by atoms with Crippen LogP contribution in [0.1, 0.15) is 45.5 Å². The Labute approximate surface area is 152 Å². The first kappa shape index (κ1) is 21.1. The van der Waals surface area contributed by atoms with Crippen molar-refractivity contribution in [2.75, 3.05) is 12.3 Å². The number of hydrogen-bond acceptors (Lipinski definition) is 7. The van der Waals surface area contributed by atoms with Crippen molar-refractivity contribution < 1.29 is 14.7 Å². The number of carbonyl (C=O) groups excluding carboxylic acids is 2. The van der Waals surface area contributed by atoms with Crippen LogP contribution in [0.15, 0.2) is 16.8 Å². The maximum atomic E-state index is 12.3. The molecule has 0 fully saturated rings. The lowest BCUT2D eigenvalue weighted by atomic mass is 10.00. The maximum Gasteiger partial charge on any atom is 0.214 e. The highest BCUT2D eigenvalue weighted by atomic mass is 32.2. The van der Waals surface area contributed by atoms with Gasteiger partial charge in [0.05, 0.1) is 6.54 Å². The van der Waals surface area contributed by atoms with Crippen LogP contribution < -0.4 is 5.73 Å². The zero-order valence-corrected chi connectivity index (χ0v) is 16.2. The molecule has 3 N–H and O–H groups in total. The number of rotatable bonds is 7. The van der Waals surface area contributed by atoms with Crippen molar-refractivity contribution >= 4 is 29.1 Å². The lowest BCUT2D eigenvalue weighted by Crippen LogP contribution is -2.23. The molecule has 25 heavy (non-hydrogen) atoms. The molecule has 0 spiro atoms. The van der Waals surface area contributed by atoms with E-state index in [9.17, 15) is 14.7 Å². The molecule has 1 rings (SSSR count). The lowest BCUT2D eigenvalue weighted by molar-refractivity contribution is -0.118. The van der Waals surface area contributed by atoms with Gasteiger partial charge in [-0.25, -0.2) is 9.97 Å². The number of nitrogen functional groups attached to an aromatic ring is 1. The van der Waals surface area contributed by atoms with E-state index in [2.05, 4.69) is 9.97 Å². The molecule has 1 aromatic rings. The third-order valence-electron chi connectivity index (χ3n) is 3.49. The Morgan fingerprint density at radius 3 is 2.56 bits per heavy atom. The van der Waals surface area contributed by atoms with Gasteiger partial charge < -0.3 is 15.7 Å². The van der Waals surface area contributed by atoms with Gasteiger partial charge in [0, 0.05) is 40.8 Å². The number of amides is 1. The van der Waals surface area contributed by atoms with Crippen molar-refractivity contribution in [2.24, 2.45) is 5.41 Å². The van der Waals surface area contributed by atoms with E-state index in [0.29, 0.717) is 40.6 Å². The standard InChI is InChI=1S/C17H26N4O3S/c1-11(14(6-7-22)25-16(24)17(3,4)5)21(10-23)9-13-8-19-12(2)20-15(13)18/h8,10,22H,6-7,9H2,1-5H3,(H2,18,19,20)/b14-11-. The molecule has 0 atom stereocenters. The van der Waals surface area contributed by atoms with Gasteiger partial charge in [-0.1, -0.05) is 32.5 Å². The smallest absolute Gasteiger partial charge is 0.214 e. The summed E-state index contributed by atoms with van der Waals surface area (Å²) in [5, 5.41) is 9.29. The lowest BCUT2D eigenvalue weighted by Gasteiger charge is -2.23. The molecular formula is C17H26N4O3S. The molecule has 0 aliphatic carbocycles. The second kappa shape index (κ2) is 8.96. The van der Waals surface area contributed by atoms with Crippen molar-refractivity contribution in [3.63, 3.8) is 0 Å². The molecule has 8 heteroatoms. The number of nitrogens with zero attached hydrogens (tertiary/aromatic N) is 3. The summed E-state index contributed by atoms with van der Waals surface area (Å²) in [7, 11) is 0. The number of aryl methyl sites for hydroxylation is 1. The quantitative estimate of drug-likeness (QED) is 0.712. The van der Waals surface area contributed by atoms with Gasteiger partial charge in [0.25, 0.3) is 0 Å². The molecule has 0 aromatic carbocycles. The second-order valence-electron chi connectivity index (χ2n) is 6.68. The van der Waals surface area contributed by atoms with Crippen molar-refractivity contribution in [3.05, 3.63) is 28.2 Å². The predicted molar refractivity (Wildman–Crippen MR) is 99.2 cm³/mol. The average molecular weight is 366 g/mol. The topological polar surface area (TPSA) is 109 Å². The van der Waals surface area contributed by atoms with Gasteiger partial charge in [-0.2, -0.15) is 0 Å². The zero-order chi connectivity index (χ0) is 19.2. The predicted octanol–water partition coefficient (Wildman–Crippen LogP) is 2.25. The molecule has 0 saturated heterocycles. The van der Waals surface area contributed by atoms with Crippen LogP contribution in [0.3, 0.4) is 0 Å². The highest BCUT2D eigenvalue weighted by Crippen LogP contribution is 2.33. The molecule has 0 radical (unpaired) electrons. The molecule has 7 nitrogen and oxygen atoms in total. The summed E-state index contributed by atoms with van der Waals surface area (Å²) in [6.45, 7) is 9.05. The van der Waals surface area contributed by atoms with Crippen molar-refractivity contribution in [1.29, 1.82) is 0 Å². The summed E-state index contributed by atoms with van der Waals surface area (Å²) in [5.41, 5.74) is 6.59. The van der Waals surface area contributed by atoms with Crippen LogP contribution in [-0.2, 0) is 16.1 Å². The van der Waals surface area contributed by atoms with Crippen LogP contribution in [-0.4, -0.2) is 38.1 Å². The summed E-state index contributed by atoms with van der Waals surface area (Å²) >= 11 is 1.06. The monoisotopic (exact) mass is 366 g/mol. The first-order valence-electron chi connectivity index (χ1n) is 7.93. The van der Waals surface area contributed by atoms with Gasteiger partial charge in [0.2, 0.25) is 6.41 Å². The summed E-state index contributed by atoms with van der Waals surface area (Å²) in [5.74, 6) is 0.868. The zero-order valence-electron chi connectivity index (χ0n) is 15.4. The first-order chi connectivity index (χ1) is 11.6. The number of thioether (sulfide) groups is 1. The van der Waals surface area contributed by atoms with Crippen LogP contribution in [0.5, 0.6) is 0 Å². The van der Waals surface area contributed by atoms with Crippen molar-refractivity contribution in [2.45, 2.75) is 47.6 Å². The average Bonchev–Trinajstić information content (AvgIpc) is 2.52. The minimum Gasteiger partial charge on any atom is -0.396 e. The number of nitrogens with two attached hydrogens (primary N) is 1. The molecule has 1 amide bonds. The van der Waals surface area contributed by atoms with Crippen molar-refractivity contribution in [1.82, 2.24) is 14.9 Å². The molecule has 1 heterocycles. The third-order valence-corrected chi connectivity index (χ3v) is 5.03. The summed E-state index contributed by atoms with van der Waals surface area (Å²) in [4.78, 5) is 34.2. The minimum atomic E-state index is -0.521. The van der Waals surface area contributed by atoms with Crippen LogP contribution in [0.25, 0.3) is 0 Å². The molecule has 0 aliphatic rings. The Balaban J connectivity index is 3.11. The first-order valence-corrected chi connectivity index (χ1v) is 8.74. The molecule has 1 aromatic heterocycles. The number of hydrogen-bond donors (Lipinski definition) is 2. The van der Waals surface area contributed by atoms with Crippen LogP contribution in [0.4, 0.5) is 5.82 Å². The number of aliphatic hydroxyl groups is 1. The maximum absolute atomic E-state index is 12.3. The van der Waals surface area contributed by atoms with E-state index >= 15 is 0 Å². The van der Waals surface area contributed by atoms with Gasteiger partial charge >= 0.3 is 0 Å². The van der Waals surface area contributed by atoms with E-state index in [-0.39, 0.29) is 18.3 Å². The summed E-state index contributed by atoms with van der Waals surface area (Å²) < 4.78 is 0. The van der Waals surface area contributed by atoms with Crippen LogP contribution in [0.2, 0.25) is 0 Å². The fourth-order valence-corrected chi connectivity index (χ4v) is 2.87. The largest absolute Gasteiger partial charge is 0.396 e. The van der Waals surface area contributed by atoms with E-state index in [1.807, 2.05) is 20.8 Å². The SMILES string of the molecule is C/C(=C(\CCO)SC(=O)C(C)(C)C)N(C=O)Cc1cnc(C)nc1N. The fourth-order valence-electron chi connectivity index (χ4n) is 1.89. The van der Waals surface area contributed by atoms with Gasteiger partial charge in [-0.3, -0.25) is 9.59 Å². The molecular weight excluding hydrogens is 340 g/mol. The Bertz CT molecular complexity index is 668. The number of aromatic nitrogens is 2.